The molecule has 1 aromatic carbocycles. The summed E-state index contributed by atoms with van der Waals surface area (Å²) in [7, 11) is 0. The summed E-state index contributed by atoms with van der Waals surface area (Å²) in [5, 5.41) is 12.7. The Balaban J connectivity index is 1.71. The molecular weight excluding hydrogens is 290 g/mol. The normalized spacial score (nSPS) is 25.2. The van der Waals surface area contributed by atoms with E-state index in [9.17, 15) is 9.90 Å². The van der Waals surface area contributed by atoms with Gasteiger partial charge in [-0.15, -0.1) is 0 Å². The summed E-state index contributed by atoms with van der Waals surface area (Å²) in [5.41, 5.74) is 9.99. The molecule has 2 aromatic rings. The van der Waals surface area contributed by atoms with Crippen LogP contribution in [-0.2, 0) is 5.41 Å². The van der Waals surface area contributed by atoms with E-state index >= 15 is 0 Å². The third-order valence-electron chi connectivity index (χ3n) is 5.31. The Kier molecular flexibility index (Phi) is 2.96. The zero-order valence-corrected chi connectivity index (χ0v) is 13.0. The van der Waals surface area contributed by atoms with Crippen LogP contribution in [0.5, 0.6) is 0 Å². The van der Waals surface area contributed by atoms with E-state index in [2.05, 4.69) is 34.6 Å². The number of pyridine rings is 1. The van der Waals surface area contributed by atoms with Crippen molar-refractivity contribution in [1.82, 2.24) is 10.3 Å². The molecule has 4 N–H and O–H groups in total. The van der Waals surface area contributed by atoms with Gasteiger partial charge in [0.2, 0.25) is 0 Å². The fraction of sp³-hybridized carbons (Fsp3) is 0.333. The number of aromatic nitrogens is 1. The lowest BCUT2D eigenvalue weighted by atomic mass is 9.92. The molecule has 0 radical (unpaired) electrons. The zero-order chi connectivity index (χ0) is 16.2. The number of benzene rings is 1. The molecule has 2 aliphatic rings. The van der Waals surface area contributed by atoms with E-state index in [-0.39, 0.29) is 11.4 Å². The molecule has 4 rings (SSSR count). The van der Waals surface area contributed by atoms with Crippen LogP contribution in [0.3, 0.4) is 0 Å². The summed E-state index contributed by atoms with van der Waals surface area (Å²) >= 11 is 0. The van der Waals surface area contributed by atoms with Gasteiger partial charge in [-0.2, -0.15) is 0 Å². The minimum atomic E-state index is -1.05. The molecule has 118 valence electrons. The molecule has 0 spiro atoms. The third-order valence-corrected chi connectivity index (χ3v) is 5.31. The Morgan fingerprint density at radius 2 is 2.13 bits per heavy atom. The smallest absolute Gasteiger partial charge is 0.339 e. The number of anilines is 1. The maximum Gasteiger partial charge on any atom is 0.339 e. The number of nitrogens with one attached hydrogen (secondary N) is 1. The first-order valence-corrected chi connectivity index (χ1v) is 7.83. The number of rotatable bonds is 3. The Bertz CT molecular complexity index is 801. The van der Waals surface area contributed by atoms with Crippen molar-refractivity contribution >= 4 is 11.8 Å². The van der Waals surface area contributed by atoms with Gasteiger partial charge in [0.15, 0.2) is 0 Å². The van der Waals surface area contributed by atoms with Crippen molar-refractivity contribution in [2.24, 2.45) is 5.92 Å². The molecule has 2 fully saturated rings. The standard InChI is InChI=1S/C18H19N3O2/c1-10-14(6-15(17(22)23)16(19)21-10)11-2-4-12(5-3-11)18-7-13(18)8-20-9-18/h2-6,13,20H,7-9H2,1H3,(H2,19,21)(H,22,23)/t13-,18+/m0/s1. The van der Waals surface area contributed by atoms with Crippen molar-refractivity contribution in [3.05, 3.63) is 47.2 Å². The van der Waals surface area contributed by atoms with Gasteiger partial charge in [0, 0.05) is 23.2 Å². The van der Waals surface area contributed by atoms with Crippen LogP contribution < -0.4 is 11.1 Å². The Morgan fingerprint density at radius 3 is 2.70 bits per heavy atom. The quantitative estimate of drug-likeness (QED) is 0.809. The second-order valence-corrected chi connectivity index (χ2v) is 6.62. The van der Waals surface area contributed by atoms with Gasteiger partial charge in [-0.3, -0.25) is 0 Å². The molecule has 23 heavy (non-hydrogen) atoms. The molecule has 1 saturated carbocycles. The van der Waals surface area contributed by atoms with Crippen LogP contribution >= 0.6 is 0 Å². The Labute approximate surface area is 134 Å². The predicted molar refractivity (Wildman–Crippen MR) is 88.4 cm³/mol. The number of aromatic carboxylic acids is 1. The van der Waals surface area contributed by atoms with E-state index in [1.165, 1.54) is 12.0 Å². The van der Waals surface area contributed by atoms with Gasteiger partial charge in [-0.05, 0) is 43.0 Å². The van der Waals surface area contributed by atoms with E-state index in [0.29, 0.717) is 5.41 Å². The molecule has 5 nitrogen and oxygen atoms in total. The number of fused-ring (bicyclic) bond motifs is 1. The van der Waals surface area contributed by atoms with Crippen molar-refractivity contribution in [1.29, 1.82) is 0 Å². The fourth-order valence-electron chi connectivity index (χ4n) is 3.86. The first kappa shape index (κ1) is 14.2. The number of hydrogen-bond donors (Lipinski definition) is 3. The molecule has 1 aliphatic heterocycles. The number of carbonyl (C=O) groups is 1. The molecule has 2 atom stereocenters. The number of aryl methyl sites for hydroxylation is 1. The fourth-order valence-corrected chi connectivity index (χ4v) is 3.86. The number of hydrogen-bond acceptors (Lipinski definition) is 4. The van der Waals surface area contributed by atoms with Crippen LogP contribution in [-0.4, -0.2) is 29.1 Å². The van der Waals surface area contributed by atoms with Gasteiger partial charge < -0.3 is 16.2 Å². The summed E-state index contributed by atoms with van der Waals surface area (Å²) in [5.74, 6) is -0.219. The predicted octanol–water partition coefficient (Wildman–Crippen LogP) is 2.20. The number of nitrogens with two attached hydrogens (primary N) is 1. The average Bonchev–Trinajstić information content (AvgIpc) is 3.09. The van der Waals surface area contributed by atoms with Gasteiger partial charge in [-0.25, -0.2) is 9.78 Å². The highest BCUT2D eigenvalue weighted by Gasteiger charge is 2.57. The number of piperidine rings is 1. The Morgan fingerprint density at radius 1 is 1.39 bits per heavy atom. The van der Waals surface area contributed by atoms with E-state index in [1.807, 2.05) is 6.92 Å². The highest BCUT2D eigenvalue weighted by Crippen LogP contribution is 2.56. The lowest BCUT2D eigenvalue weighted by molar-refractivity contribution is 0.0697. The van der Waals surface area contributed by atoms with Crippen molar-refractivity contribution < 1.29 is 9.90 Å². The van der Waals surface area contributed by atoms with E-state index < -0.39 is 5.97 Å². The van der Waals surface area contributed by atoms with Gasteiger partial charge in [0.25, 0.3) is 0 Å². The number of nitrogen functional groups attached to an aromatic ring is 1. The maximum atomic E-state index is 11.3. The van der Waals surface area contributed by atoms with Crippen molar-refractivity contribution in [3.63, 3.8) is 0 Å². The highest BCUT2D eigenvalue weighted by atomic mass is 16.4. The van der Waals surface area contributed by atoms with Crippen molar-refractivity contribution in [2.75, 3.05) is 18.8 Å². The minimum absolute atomic E-state index is 0.0514. The SMILES string of the molecule is Cc1nc(N)c(C(=O)O)cc1-c1ccc([C@@]23CNC[C@@H]2C3)cc1. The van der Waals surface area contributed by atoms with E-state index in [0.717, 1.165) is 35.8 Å². The molecule has 0 unspecified atom stereocenters. The van der Waals surface area contributed by atoms with Crippen LogP contribution in [0.2, 0.25) is 0 Å². The summed E-state index contributed by atoms with van der Waals surface area (Å²) in [6.07, 6.45) is 1.27. The molecule has 2 heterocycles. The van der Waals surface area contributed by atoms with E-state index in [4.69, 9.17) is 5.73 Å². The molecule has 5 heteroatoms. The first-order chi connectivity index (χ1) is 11.0. The van der Waals surface area contributed by atoms with Crippen LogP contribution in [0.4, 0.5) is 5.82 Å². The highest BCUT2D eigenvalue weighted by molar-refractivity contribution is 5.94. The molecule has 1 aromatic heterocycles. The minimum Gasteiger partial charge on any atom is -0.478 e. The van der Waals surface area contributed by atoms with E-state index in [1.54, 1.807) is 6.07 Å². The molecule has 0 bridgehead atoms. The van der Waals surface area contributed by atoms with Gasteiger partial charge in [-0.1, -0.05) is 24.3 Å². The molecule has 0 amide bonds. The number of carboxylic acid groups (broad SMARTS) is 1. The van der Waals surface area contributed by atoms with Gasteiger partial charge >= 0.3 is 5.97 Å². The number of nitrogens with zero attached hydrogens (tertiary/aromatic N) is 1. The number of carboxylic acids is 1. The second-order valence-electron chi connectivity index (χ2n) is 6.62. The third kappa shape index (κ3) is 2.11. The molecular formula is C18H19N3O2. The average molecular weight is 309 g/mol. The summed E-state index contributed by atoms with van der Waals surface area (Å²) < 4.78 is 0. The van der Waals surface area contributed by atoms with Crippen LogP contribution in [0.1, 0.15) is 28.0 Å². The summed E-state index contributed by atoms with van der Waals surface area (Å²) in [6, 6.07) is 10.1. The topological polar surface area (TPSA) is 88.2 Å². The maximum absolute atomic E-state index is 11.3. The van der Waals surface area contributed by atoms with Crippen molar-refractivity contribution in [3.8, 4) is 11.1 Å². The summed E-state index contributed by atoms with van der Waals surface area (Å²) in [4.78, 5) is 15.4. The van der Waals surface area contributed by atoms with Gasteiger partial charge in [0.1, 0.15) is 11.4 Å². The summed E-state index contributed by atoms with van der Waals surface area (Å²) in [6.45, 7) is 4.02. The molecule has 1 saturated heterocycles. The van der Waals surface area contributed by atoms with Crippen LogP contribution in [0.15, 0.2) is 30.3 Å². The molecule has 1 aliphatic carbocycles. The van der Waals surface area contributed by atoms with Crippen LogP contribution in [0, 0.1) is 12.8 Å². The zero-order valence-electron chi connectivity index (χ0n) is 13.0. The first-order valence-electron chi connectivity index (χ1n) is 7.83. The van der Waals surface area contributed by atoms with Crippen LogP contribution in [0.25, 0.3) is 11.1 Å². The van der Waals surface area contributed by atoms with Crippen molar-refractivity contribution in [2.45, 2.75) is 18.8 Å². The Hall–Kier alpha value is -2.40. The monoisotopic (exact) mass is 309 g/mol. The lowest BCUT2D eigenvalue weighted by Crippen LogP contribution is -2.19. The second kappa shape index (κ2) is 4.80. The van der Waals surface area contributed by atoms with Gasteiger partial charge in [0.05, 0.1) is 0 Å². The largest absolute Gasteiger partial charge is 0.478 e. The lowest BCUT2D eigenvalue weighted by Gasteiger charge is -2.14.